The minimum atomic E-state index is -0.414. The number of amides is 1. The highest BCUT2D eigenvalue weighted by Crippen LogP contribution is 2.15. The van der Waals surface area contributed by atoms with Crippen LogP contribution in [0.4, 0.5) is 0 Å². The van der Waals surface area contributed by atoms with E-state index in [0.29, 0.717) is 12.2 Å². The molecule has 2 aromatic rings. The fourth-order valence-corrected chi connectivity index (χ4v) is 1.79. The first kappa shape index (κ1) is 13.1. The molecule has 2 N–H and O–H groups in total. The van der Waals surface area contributed by atoms with Crippen molar-refractivity contribution in [2.45, 2.75) is 20.0 Å². The van der Waals surface area contributed by atoms with E-state index in [4.69, 9.17) is 10.5 Å². The molecule has 0 unspecified atom stereocenters. The van der Waals surface area contributed by atoms with Gasteiger partial charge in [-0.1, -0.05) is 31.2 Å². The van der Waals surface area contributed by atoms with Crippen molar-refractivity contribution in [3.63, 3.8) is 0 Å². The molecule has 0 aliphatic carbocycles. The Morgan fingerprint density at radius 3 is 2.47 bits per heavy atom. The highest BCUT2D eigenvalue weighted by Gasteiger charge is 2.01. The molecule has 0 spiro atoms. The molecule has 0 aliphatic rings. The van der Waals surface area contributed by atoms with E-state index in [1.165, 1.54) is 5.56 Å². The molecule has 3 heteroatoms. The van der Waals surface area contributed by atoms with Gasteiger partial charge in [0.05, 0.1) is 0 Å². The molecular formula is C16H17NO2. The first-order valence-corrected chi connectivity index (χ1v) is 6.29. The van der Waals surface area contributed by atoms with Crippen molar-refractivity contribution >= 4 is 5.91 Å². The molecule has 0 aromatic heterocycles. The Morgan fingerprint density at radius 1 is 1.11 bits per heavy atom. The number of hydrogen-bond donors (Lipinski definition) is 1. The summed E-state index contributed by atoms with van der Waals surface area (Å²) in [6.45, 7) is 2.59. The third-order valence-electron chi connectivity index (χ3n) is 2.95. The lowest BCUT2D eigenvalue weighted by Crippen LogP contribution is -2.10. The Morgan fingerprint density at radius 2 is 1.84 bits per heavy atom. The number of primary amides is 1. The van der Waals surface area contributed by atoms with Gasteiger partial charge in [0, 0.05) is 5.56 Å². The van der Waals surface area contributed by atoms with Crippen LogP contribution in [0.2, 0.25) is 0 Å². The normalized spacial score (nSPS) is 10.2. The topological polar surface area (TPSA) is 52.3 Å². The predicted octanol–water partition coefficient (Wildman–Crippen LogP) is 2.93. The summed E-state index contributed by atoms with van der Waals surface area (Å²) in [7, 11) is 0. The Balaban J connectivity index is 1.99. The van der Waals surface area contributed by atoms with Crippen molar-refractivity contribution in [1.82, 2.24) is 0 Å². The van der Waals surface area contributed by atoms with E-state index >= 15 is 0 Å². The van der Waals surface area contributed by atoms with Gasteiger partial charge in [0.25, 0.3) is 0 Å². The summed E-state index contributed by atoms with van der Waals surface area (Å²) in [6.07, 6.45) is 0.991. The van der Waals surface area contributed by atoms with Gasteiger partial charge in [-0.15, -0.1) is 0 Å². The molecule has 1 amide bonds. The number of carbonyl (C=O) groups excluding carboxylic acids is 1. The lowest BCUT2D eigenvalue weighted by molar-refractivity contribution is 0.1000. The summed E-state index contributed by atoms with van der Waals surface area (Å²) in [4.78, 5) is 11.0. The Hall–Kier alpha value is -2.29. The van der Waals surface area contributed by atoms with E-state index in [1.807, 2.05) is 30.3 Å². The van der Waals surface area contributed by atoms with E-state index in [-0.39, 0.29) is 0 Å². The number of carbonyl (C=O) groups is 1. The summed E-state index contributed by atoms with van der Waals surface area (Å²) < 4.78 is 5.72. The van der Waals surface area contributed by atoms with Gasteiger partial charge in [-0.3, -0.25) is 4.79 Å². The summed E-state index contributed by atoms with van der Waals surface area (Å²) >= 11 is 0. The third-order valence-corrected chi connectivity index (χ3v) is 2.95. The van der Waals surface area contributed by atoms with Crippen LogP contribution in [0.5, 0.6) is 5.75 Å². The van der Waals surface area contributed by atoms with Crippen molar-refractivity contribution in [3.8, 4) is 5.75 Å². The summed E-state index contributed by atoms with van der Waals surface area (Å²) in [5, 5.41) is 0. The van der Waals surface area contributed by atoms with Crippen LogP contribution < -0.4 is 10.5 Å². The molecule has 0 saturated carbocycles. The zero-order chi connectivity index (χ0) is 13.7. The molecule has 0 atom stereocenters. The lowest BCUT2D eigenvalue weighted by atomic mass is 10.1. The molecule has 0 heterocycles. The molecule has 0 saturated heterocycles. The molecule has 3 nitrogen and oxygen atoms in total. The standard InChI is InChI=1S/C16H17NO2/c1-2-12-4-3-5-15(10-12)19-11-13-6-8-14(9-7-13)16(17)18/h3-10H,2,11H2,1H3,(H2,17,18). The first-order chi connectivity index (χ1) is 9.19. The molecule has 2 rings (SSSR count). The monoisotopic (exact) mass is 255 g/mol. The highest BCUT2D eigenvalue weighted by molar-refractivity contribution is 5.92. The van der Waals surface area contributed by atoms with Gasteiger partial charge in [0.15, 0.2) is 0 Å². The number of hydrogen-bond acceptors (Lipinski definition) is 2. The van der Waals surface area contributed by atoms with E-state index in [2.05, 4.69) is 13.0 Å². The van der Waals surface area contributed by atoms with Gasteiger partial charge in [0.1, 0.15) is 12.4 Å². The largest absolute Gasteiger partial charge is 0.489 e. The predicted molar refractivity (Wildman–Crippen MR) is 75.1 cm³/mol. The number of rotatable bonds is 5. The molecule has 19 heavy (non-hydrogen) atoms. The second-order valence-corrected chi connectivity index (χ2v) is 4.35. The molecule has 2 aromatic carbocycles. The maximum atomic E-state index is 11.0. The van der Waals surface area contributed by atoms with Crippen molar-refractivity contribution in [1.29, 1.82) is 0 Å². The Labute approximate surface area is 113 Å². The number of benzene rings is 2. The van der Waals surface area contributed by atoms with Gasteiger partial charge in [-0.2, -0.15) is 0 Å². The maximum absolute atomic E-state index is 11.0. The van der Waals surface area contributed by atoms with Crippen LogP contribution in [0, 0.1) is 0 Å². The molecule has 0 bridgehead atoms. The van der Waals surface area contributed by atoms with Crippen molar-refractivity contribution in [3.05, 3.63) is 65.2 Å². The second-order valence-electron chi connectivity index (χ2n) is 4.35. The summed E-state index contributed by atoms with van der Waals surface area (Å²) in [5.74, 6) is 0.446. The quantitative estimate of drug-likeness (QED) is 0.893. The van der Waals surface area contributed by atoms with Crippen LogP contribution in [0.25, 0.3) is 0 Å². The minimum Gasteiger partial charge on any atom is -0.489 e. The molecule has 0 fully saturated rings. The SMILES string of the molecule is CCc1cccc(OCc2ccc(C(N)=O)cc2)c1. The zero-order valence-corrected chi connectivity index (χ0v) is 10.9. The average molecular weight is 255 g/mol. The van der Waals surface area contributed by atoms with Crippen LogP contribution in [-0.4, -0.2) is 5.91 Å². The van der Waals surface area contributed by atoms with E-state index in [9.17, 15) is 4.79 Å². The van der Waals surface area contributed by atoms with Crippen molar-refractivity contribution < 1.29 is 9.53 Å². The lowest BCUT2D eigenvalue weighted by Gasteiger charge is -2.08. The van der Waals surface area contributed by atoms with E-state index in [0.717, 1.165) is 17.7 Å². The number of ether oxygens (including phenoxy) is 1. The molecular weight excluding hydrogens is 238 g/mol. The second kappa shape index (κ2) is 6.05. The molecule has 0 aliphatic heterocycles. The number of aryl methyl sites for hydroxylation is 1. The Bertz CT molecular complexity index is 561. The van der Waals surface area contributed by atoms with Gasteiger partial charge in [-0.25, -0.2) is 0 Å². The fourth-order valence-electron chi connectivity index (χ4n) is 1.79. The van der Waals surface area contributed by atoms with Crippen LogP contribution in [0.15, 0.2) is 48.5 Å². The molecule has 98 valence electrons. The first-order valence-electron chi connectivity index (χ1n) is 6.29. The smallest absolute Gasteiger partial charge is 0.248 e. The van der Waals surface area contributed by atoms with Gasteiger partial charge >= 0.3 is 0 Å². The highest BCUT2D eigenvalue weighted by atomic mass is 16.5. The van der Waals surface area contributed by atoms with Crippen molar-refractivity contribution in [2.75, 3.05) is 0 Å². The van der Waals surface area contributed by atoms with E-state index < -0.39 is 5.91 Å². The van der Waals surface area contributed by atoms with Crippen LogP contribution in [0.3, 0.4) is 0 Å². The van der Waals surface area contributed by atoms with Crippen LogP contribution in [-0.2, 0) is 13.0 Å². The summed E-state index contributed by atoms with van der Waals surface area (Å²) in [5.41, 5.74) is 7.96. The van der Waals surface area contributed by atoms with E-state index in [1.54, 1.807) is 12.1 Å². The van der Waals surface area contributed by atoms with Gasteiger partial charge in [0.2, 0.25) is 5.91 Å². The fraction of sp³-hybridized carbons (Fsp3) is 0.188. The third kappa shape index (κ3) is 3.58. The maximum Gasteiger partial charge on any atom is 0.248 e. The zero-order valence-electron chi connectivity index (χ0n) is 10.9. The Kier molecular flexibility index (Phi) is 4.18. The molecule has 0 radical (unpaired) electrons. The summed E-state index contributed by atoms with van der Waals surface area (Å²) in [6, 6.07) is 15.2. The average Bonchev–Trinajstić information content (AvgIpc) is 2.46. The van der Waals surface area contributed by atoms with Gasteiger partial charge in [-0.05, 0) is 41.8 Å². The number of nitrogens with two attached hydrogens (primary N) is 1. The minimum absolute atomic E-state index is 0.414. The van der Waals surface area contributed by atoms with Crippen LogP contribution >= 0.6 is 0 Å². The van der Waals surface area contributed by atoms with Gasteiger partial charge < -0.3 is 10.5 Å². The van der Waals surface area contributed by atoms with Crippen LogP contribution in [0.1, 0.15) is 28.4 Å². The van der Waals surface area contributed by atoms with Crippen molar-refractivity contribution in [2.24, 2.45) is 5.73 Å².